The van der Waals surface area contributed by atoms with Gasteiger partial charge in [0.05, 0.1) is 0 Å². The van der Waals surface area contributed by atoms with Crippen molar-refractivity contribution in [2.45, 2.75) is 25.7 Å². The highest BCUT2D eigenvalue weighted by molar-refractivity contribution is 14.1. The van der Waals surface area contributed by atoms with Gasteiger partial charge in [-0.25, -0.2) is 0 Å². The zero-order valence-corrected chi connectivity index (χ0v) is 11.9. The quantitative estimate of drug-likeness (QED) is 0.826. The number of amides is 1. The molecule has 1 fully saturated rings. The molecule has 1 aliphatic rings. The van der Waals surface area contributed by atoms with Crippen LogP contribution in [-0.4, -0.2) is 12.5 Å². The van der Waals surface area contributed by atoms with Crippen LogP contribution in [0.25, 0.3) is 0 Å². The Balaban J connectivity index is 1.91. The van der Waals surface area contributed by atoms with Crippen LogP contribution < -0.4 is 11.1 Å². The number of benzene rings is 1. The number of carbonyl (C=O) groups excluding carboxylic acids is 1. The molecule has 0 bridgehead atoms. The fourth-order valence-electron chi connectivity index (χ4n) is 2.21. The Morgan fingerprint density at radius 3 is 2.47 bits per heavy atom. The Morgan fingerprint density at radius 2 is 2.00 bits per heavy atom. The molecule has 0 heterocycles. The van der Waals surface area contributed by atoms with Crippen molar-refractivity contribution < 1.29 is 4.79 Å². The van der Waals surface area contributed by atoms with Crippen LogP contribution in [0.4, 0.5) is 5.69 Å². The van der Waals surface area contributed by atoms with Gasteiger partial charge in [0.2, 0.25) is 5.91 Å². The summed E-state index contributed by atoms with van der Waals surface area (Å²) >= 11 is 2.24. The molecular formula is C13H17IN2O. The molecule has 2 rings (SSSR count). The second kappa shape index (κ2) is 5.35. The number of nitrogens with two attached hydrogens (primary N) is 1. The van der Waals surface area contributed by atoms with Crippen LogP contribution in [0, 0.1) is 8.99 Å². The van der Waals surface area contributed by atoms with Crippen molar-refractivity contribution in [3.63, 3.8) is 0 Å². The largest absolute Gasteiger partial charge is 0.330 e. The zero-order chi connectivity index (χ0) is 12.3. The van der Waals surface area contributed by atoms with E-state index in [-0.39, 0.29) is 11.3 Å². The third-order valence-corrected chi connectivity index (χ3v) is 4.23. The molecule has 1 saturated carbocycles. The summed E-state index contributed by atoms with van der Waals surface area (Å²) in [6, 6.07) is 7.82. The number of rotatable bonds is 4. The maximum Gasteiger partial charge on any atom is 0.224 e. The van der Waals surface area contributed by atoms with Gasteiger partial charge in [-0.2, -0.15) is 0 Å². The molecule has 1 aliphatic carbocycles. The Labute approximate surface area is 115 Å². The summed E-state index contributed by atoms with van der Waals surface area (Å²) in [6.07, 6.45) is 3.93. The second-order valence-corrected chi connectivity index (χ2v) is 6.04. The minimum atomic E-state index is 0.0767. The van der Waals surface area contributed by atoms with Gasteiger partial charge in [-0.15, -0.1) is 0 Å². The first-order valence-electron chi connectivity index (χ1n) is 5.89. The molecule has 1 aromatic rings. The SMILES string of the molecule is NCC1(CC(=O)Nc2ccc(I)cc2)CCC1. The zero-order valence-electron chi connectivity index (χ0n) is 9.71. The highest BCUT2D eigenvalue weighted by Crippen LogP contribution is 2.43. The molecular weight excluding hydrogens is 327 g/mol. The summed E-state index contributed by atoms with van der Waals surface area (Å²) in [5.41, 5.74) is 6.69. The summed E-state index contributed by atoms with van der Waals surface area (Å²) in [7, 11) is 0. The molecule has 0 spiro atoms. The summed E-state index contributed by atoms with van der Waals surface area (Å²) in [4.78, 5) is 11.9. The fourth-order valence-corrected chi connectivity index (χ4v) is 2.57. The predicted octanol–water partition coefficient (Wildman–Crippen LogP) is 2.75. The van der Waals surface area contributed by atoms with E-state index in [4.69, 9.17) is 5.73 Å². The molecule has 0 saturated heterocycles. The first-order valence-corrected chi connectivity index (χ1v) is 6.97. The fraction of sp³-hybridized carbons (Fsp3) is 0.462. The Hall–Kier alpha value is -0.620. The lowest BCUT2D eigenvalue weighted by molar-refractivity contribution is -0.119. The standard InChI is InChI=1S/C13H17IN2O/c14-10-2-4-11(5-3-10)16-12(17)8-13(9-15)6-1-7-13/h2-5H,1,6-9,15H2,(H,16,17). The maximum atomic E-state index is 11.9. The molecule has 0 aromatic heterocycles. The molecule has 0 aliphatic heterocycles. The summed E-state index contributed by atoms with van der Waals surface area (Å²) < 4.78 is 1.16. The highest BCUT2D eigenvalue weighted by atomic mass is 127. The molecule has 1 amide bonds. The van der Waals surface area contributed by atoms with E-state index in [1.54, 1.807) is 0 Å². The van der Waals surface area contributed by atoms with Crippen LogP contribution in [0.3, 0.4) is 0 Å². The van der Waals surface area contributed by atoms with E-state index in [2.05, 4.69) is 27.9 Å². The van der Waals surface area contributed by atoms with Gasteiger partial charge < -0.3 is 11.1 Å². The van der Waals surface area contributed by atoms with Crippen LogP contribution in [0.2, 0.25) is 0 Å². The van der Waals surface area contributed by atoms with Gasteiger partial charge in [-0.1, -0.05) is 6.42 Å². The normalized spacial score (nSPS) is 17.3. The van der Waals surface area contributed by atoms with Crippen LogP contribution >= 0.6 is 22.6 Å². The van der Waals surface area contributed by atoms with Crippen LogP contribution in [-0.2, 0) is 4.79 Å². The Bertz CT molecular complexity index is 393. The molecule has 92 valence electrons. The second-order valence-electron chi connectivity index (χ2n) is 4.79. The molecule has 3 nitrogen and oxygen atoms in total. The van der Waals surface area contributed by atoms with Crippen molar-refractivity contribution in [2.24, 2.45) is 11.1 Å². The number of anilines is 1. The summed E-state index contributed by atoms with van der Waals surface area (Å²) in [5, 5.41) is 2.93. The van der Waals surface area contributed by atoms with Crippen molar-refractivity contribution in [1.82, 2.24) is 0 Å². The van der Waals surface area contributed by atoms with Crippen molar-refractivity contribution in [3.05, 3.63) is 27.8 Å². The third kappa shape index (κ3) is 3.19. The molecule has 0 radical (unpaired) electrons. The van der Waals surface area contributed by atoms with E-state index in [0.29, 0.717) is 13.0 Å². The van der Waals surface area contributed by atoms with E-state index in [9.17, 15) is 4.79 Å². The Kier molecular flexibility index (Phi) is 4.04. The Morgan fingerprint density at radius 1 is 1.35 bits per heavy atom. The number of hydrogen-bond donors (Lipinski definition) is 2. The summed E-state index contributed by atoms with van der Waals surface area (Å²) in [6.45, 7) is 0.618. The van der Waals surface area contributed by atoms with Crippen LogP contribution in [0.15, 0.2) is 24.3 Å². The van der Waals surface area contributed by atoms with Gasteiger partial charge >= 0.3 is 0 Å². The molecule has 0 atom stereocenters. The average molecular weight is 344 g/mol. The monoisotopic (exact) mass is 344 g/mol. The van der Waals surface area contributed by atoms with E-state index >= 15 is 0 Å². The lowest BCUT2D eigenvalue weighted by Crippen LogP contribution is -2.40. The first kappa shape index (κ1) is 12.8. The van der Waals surface area contributed by atoms with Crippen molar-refractivity contribution in [1.29, 1.82) is 0 Å². The molecule has 0 unspecified atom stereocenters. The third-order valence-electron chi connectivity index (χ3n) is 3.51. The number of carbonyl (C=O) groups is 1. The smallest absolute Gasteiger partial charge is 0.224 e. The first-order chi connectivity index (χ1) is 8.13. The van der Waals surface area contributed by atoms with E-state index in [0.717, 1.165) is 22.1 Å². The van der Waals surface area contributed by atoms with Gasteiger partial charge in [0, 0.05) is 15.7 Å². The molecule has 4 heteroatoms. The molecule has 3 N–H and O–H groups in total. The van der Waals surface area contributed by atoms with E-state index in [1.807, 2.05) is 24.3 Å². The molecule has 1 aromatic carbocycles. The van der Waals surface area contributed by atoms with Crippen molar-refractivity contribution in [2.75, 3.05) is 11.9 Å². The van der Waals surface area contributed by atoms with Gasteiger partial charge in [0.25, 0.3) is 0 Å². The van der Waals surface area contributed by atoms with Gasteiger partial charge in [0.15, 0.2) is 0 Å². The lowest BCUT2D eigenvalue weighted by Gasteiger charge is -2.40. The number of hydrogen-bond acceptors (Lipinski definition) is 2. The van der Waals surface area contributed by atoms with Gasteiger partial charge in [-0.05, 0) is 71.7 Å². The number of halogens is 1. The van der Waals surface area contributed by atoms with Gasteiger partial charge in [-0.3, -0.25) is 4.79 Å². The lowest BCUT2D eigenvalue weighted by atomic mass is 9.66. The maximum absolute atomic E-state index is 11.9. The minimum absolute atomic E-state index is 0.0767. The number of nitrogens with one attached hydrogen (secondary N) is 1. The van der Waals surface area contributed by atoms with Gasteiger partial charge in [0.1, 0.15) is 0 Å². The highest BCUT2D eigenvalue weighted by Gasteiger charge is 2.37. The van der Waals surface area contributed by atoms with Crippen molar-refractivity contribution in [3.8, 4) is 0 Å². The minimum Gasteiger partial charge on any atom is -0.330 e. The van der Waals surface area contributed by atoms with Crippen LogP contribution in [0.5, 0.6) is 0 Å². The van der Waals surface area contributed by atoms with E-state index < -0.39 is 0 Å². The summed E-state index contributed by atoms with van der Waals surface area (Å²) in [5.74, 6) is 0.0800. The van der Waals surface area contributed by atoms with Crippen LogP contribution in [0.1, 0.15) is 25.7 Å². The topological polar surface area (TPSA) is 55.1 Å². The average Bonchev–Trinajstić information content (AvgIpc) is 2.27. The van der Waals surface area contributed by atoms with E-state index in [1.165, 1.54) is 6.42 Å². The van der Waals surface area contributed by atoms with Crippen molar-refractivity contribution >= 4 is 34.2 Å². The molecule has 17 heavy (non-hydrogen) atoms. The predicted molar refractivity (Wildman–Crippen MR) is 77.7 cm³/mol.